The molecule has 154 valence electrons. The van der Waals surface area contributed by atoms with Crippen molar-refractivity contribution in [2.24, 2.45) is 5.92 Å². The smallest absolute Gasteiger partial charge is 0.261 e. The summed E-state index contributed by atoms with van der Waals surface area (Å²) >= 11 is 1.54. The SMILES string of the molecule is Cc1cc(C)cc(-c2cc3cc(C(C)(C)C(=O)N(F)CCC4CCC4)sc3[nH]2)c1. The number of thiophene rings is 1. The minimum atomic E-state index is -0.876. The lowest BCUT2D eigenvalue weighted by Gasteiger charge is -2.29. The molecule has 0 saturated heterocycles. The molecule has 0 radical (unpaired) electrons. The molecule has 1 saturated carbocycles. The van der Waals surface area contributed by atoms with Crippen LogP contribution in [0.1, 0.15) is 55.5 Å². The molecule has 1 aliphatic rings. The van der Waals surface area contributed by atoms with Gasteiger partial charge in [0.15, 0.2) is 0 Å². The van der Waals surface area contributed by atoms with Crippen LogP contribution in [-0.4, -0.2) is 22.6 Å². The van der Waals surface area contributed by atoms with Crippen LogP contribution in [0.5, 0.6) is 0 Å². The Hall–Kier alpha value is -2.14. The predicted molar refractivity (Wildman–Crippen MR) is 119 cm³/mol. The van der Waals surface area contributed by atoms with Crippen LogP contribution in [0.2, 0.25) is 0 Å². The third kappa shape index (κ3) is 3.97. The standard InChI is InChI=1S/C24H29FN2OS/c1-15-10-16(2)12-18(11-15)20-13-19-14-21(29-22(19)26-20)24(3,4)23(28)27(25)9-8-17-6-5-7-17/h10-14,17,26H,5-9H2,1-4H3. The largest absolute Gasteiger partial charge is 0.346 e. The molecule has 2 aromatic heterocycles. The van der Waals surface area contributed by atoms with Gasteiger partial charge in [-0.15, -0.1) is 11.3 Å². The van der Waals surface area contributed by atoms with Crippen LogP contribution in [0.25, 0.3) is 21.5 Å². The number of benzene rings is 1. The molecule has 0 bridgehead atoms. The first-order valence-electron chi connectivity index (χ1n) is 10.4. The number of nitrogens with one attached hydrogen (secondary N) is 1. The van der Waals surface area contributed by atoms with E-state index in [1.165, 1.54) is 30.4 Å². The fraction of sp³-hybridized carbons (Fsp3) is 0.458. The summed E-state index contributed by atoms with van der Waals surface area (Å²) in [6.07, 6.45) is 4.35. The molecule has 0 spiro atoms. The highest BCUT2D eigenvalue weighted by Crippen LogP contribution is 2.38. The van der Waals surface area contributed by atoms with Gasteiger partial charge >= 0.3 is 0 Å². The van der Waals surface area contributed by atoms with Crippen molar-refractivity contribution >= 4 is 27.5 Å². The van der Waals surface area contributed by atoms with Crippen molar-refractivity contribution in [3.8, 4) is 11.3 Å². The molecule has 0 atom stereocenters. The van der Waals surface area contributed by atoms with Crippen molar-refractivity contribution in [3.05, 3.63) is 46.3 Å². The number of aryl methyl sites for hydroxylation is 2. The summed E-state index contributed by atoms with van der Waals surface area (Å²) in [6, 6.07) is 10.6. The molecule has 1 amide bonds. The van der Waals surface area contributed by atoms with Crippen molar-refractivity contribution < 1.29 is 9.28 Å². The summed E-state index contributed by atoms with van der Waals surface area (Å²) in [5, 5.41) is 1.51. The maximum absolute atomic E-state index is 14.5. The number of rotatable bonds is 6. The van der Waals surface area contributed by atoms with Gasteiger partial charge in [0, 0.05) is 16.0 Å². The third-order valence-corrected chi connectivity index (χ3v) is 7.56. The quantitative estimate of drug-likeness (QED) is 0.450. The summed E-state index contributed by atoms with van der Waals surface area (Å²) in [7, 11) is 0. The van der Waals surface area contributed by atoms with Gasteiger partial charge in [-0.3, -0.25) is 4.79 Å². The Kier molecular flexibility index (Phi) is 5.28. The molecule has 5 heteroatoms. The van der Waals surface area contributed by atoms with E-state index in [1.54, 1.807) is 11.3 Å². The second-order valence-corrected chi connectivity index (χ2v) is 10.1. The van der Waals surface area contributed by atoms with Gasteiger partial charge in [0.25, 0.3) is 5.91 Å². The number of H-pyrrole nitrogens is 1. The van der Waals surface area contributed by atoms with Gasteiger partial charge in [-0.2, -0.15) is 5.12 Å². The first-order valence-corrected chi connectivity index (χ1v) is 11.2. The van der Waals surface area contributed by atoms with Crippen LogP contribution in [0, 0.1) is 19.8 Å². The average molecular weight is 413 g/mol. The zero-order valence-corrected chi connectivity index (χ0v) is 18.5. The highest BCUT2D eigenvalue weighted by Gasteiger charge is 2.36. The lowest BCUT2D eigenvalue weighted by atomic mass is 9.83. The molecule has 1 N–H and O–H groups in total. The number of aromatic amines is 1. The van der Waals surface area contributed by atoms with E-state index in [-0.39, 0.29) is 6.54 Å². The minimum absolute atomic E-state index is 0.201. The summed E-state index contributed by atoms with van der Waals surface area (Å²) in [5.41, 5.74) is 3.82. The van der Waals surface area contributed by atoms with Crippen molar-refractivity contribution in [2.45, 2.75) is 58.8 Å². The first-order chi connectivity index (χ1) is 13.7. The number of fused-ring (bicyclic) bond motifs is 1. The van der Waals surface area contributed by atoms with E-state index in [9.17, 15) is 9.28 Å². The zero-order chi connectivity index (χ0) is 20.8. The van der Waals surface area contributed by atoms with E-state index in [0.29, 0.717) is 11.0 Å². The predicted octanol–water partition coefficient (Wildman–Crippen LogP) is 6.69. The molecule has 1 aliphatic carbocycles. The van der Waals surface area contributed by atoms with E-state index in [2.05, 4.69) is 43.1 Å². The second-order valence-electron chi connectivity index (χ2n) is 9.06. The number of carbonyl (C=O) groups is 1. The minimum Gasteiger partial charge on any atom is -0.346 e. The van der Waals surface area contributed by atoms with Gasteiger partial charge in [-0.1, -0.05) is 40.9 Å². The molecule has 3 nitrogen and oxygen atoms in total. The van der Waals surface area contributed by atoms with Crippen LogP contribution in [0.4, 0.5) is 4.48 Å². The van der Waals surface area contributed by atoms with E-state index in [4.69, 9.17) is 0 Å². The van der Waals surface area contributed by atoms with Gasteiger partial charge < -0.3 is 4.98 Å². The fourth-order valence-electron chi connectivity index (χ4n) is 4.11. The van der Waals surface area contributed by atoms with Gasteiger partial charge in [-0.05, 0) is 69.9 Å². The molecule has 4 rings (SSSR count). The van der Waals surface area contributed by atoms with Gasteiger partial charge in [-0.25, -0.2) is 0 Å². The monoisotopic (exact) mass is 412 g/mol. The van der Waals surface area contributed by atoms with Crippen LogP contribution >= 0.6 is 11.3 Å². The van der Waals surface area contributed by atoms with E-state index in [0.717, 1.165) is 32.8 Å². The lowest BCUT2D eigenvalue weighted by Crippen LogP contribution is -2.39. The number of halogens is 1. The number of hydrogen-bond acceptors (Lipinski definition) is 2. The Morgan fingerprint density at radius 1 is 1.17 bits per heavy atom. The maximum Gasteiger partial charge on any atom is 0.261 e. The Balaban J connectivity index is 1.53. The van der Waals surface area contributed by atoms with Crippen LogP contribution in [0.3, 0.4) is 0 Å². The van der Waals surface area contributed by atoms with Crippen molar-refractivity contribution in [1.82, 2.24) is 10.1 Å². The summed E-state index contributed by atoms with van der Waals surface area (Å²) in [5.74, 6) is 0.142. The fourth-order valence-corrected chi connectivity index (χ4v) is 5.25. The molecule has 1 fully saturated rings. The first kappa shape index (κ1) is 20.1. The topological polar surface area (TPSA) is 36.1 Å². The Morgan fingerprint density at radius 2 is 1.86 bits per heavy atom. The molecule has 2 heterocycles. The number of nitrogens with zero attached hydrogens (tertiary/aromatic N) is 1. The van der Waals surface area contributed by atoms with Crippen molar-refractivity contribution in [3.63, 3.8) is 0 Å². The van der Waals surface area contributed by atoms with E-state index < -0.39 is 11.3 Å². The number of hydrogen-bond donors (Lipinski definition) is 1. The summed E-state index contributed by atoms with van der Waals surface area (Å²) in [6.45, 7) is 8.04. The molecule has 29 heavy (non-hydrogen) atoms. The molecule has 1 aromatic carbocycles. The van der Waals surface area contributed by atoms with E-state index in [1.807, 2.05) is 19.9 Å². The van der Waals surface area contributed by atoms with Crippen molar-refractivity contribution in [1.29, 1.82) is 0 Å². The highest BCUT2D eigenvalue weighted by molar-refractivity contribution is 7.19. The maximum atomic E-state index is 14.5. The van der Waals surface area contributed by atoms with Crippen molar-refractivity contribution in [2.75, 3.05) is 6.54 Å². The van der Waals surface area contributed by atoms with Crippen LogP contribution in [0.15, 0.2) is 30.3 Å². The average Bonchev–Trinajstić information content (AvgIpc) is 3.18. The third-order valence-electron chi connectivity index (χ3n) is 6.17. The Labute approximate surface area is 175 Å². The number of aromatic nitrogens is 1. The van der Waals surface area contributed by atoms with Gasteiger partial charge in [0.2, 0.25) is 0 Å². The normalized spacial score (nSPS) is 14.9. The molecule has 0 aliphatic heterocycles. The van der Waals surface area contributed by atoms with E-state index >= 15 is 0 Å². The Morgan fingerprint density at radius 3 is 2.45 bits per heavy atom. The highest BCUT2D eigenvalue weighted by atomic mass is 32.1. The van der Waals surface area contributed by atoms with Gasteiger partial charge in [0.05, 0.1) is 12.0 Å². The summed E-state index contributed by atoms with van der Waals surface area (Å²) < 4.78 is 14.5. The zero-order valence-electron chi connectivity index (χ0n) is 17.6. The molecule has 0 unspecified atom stereocenters. The second kappa shape index (κ2) is 7.60. The molecule has 3 aromatic rings. The lowest BCUT2D eigenvalue weighted by molar-refractivity contribution is -0.152. The molecular formula is C24H29FN2OS. The van der Waals surface area contributed by atoms with Crippen LogP contribution in [-0.2, 0) is 10.2 Å². The van der Waals surface area contributed by atoms with Crippen LogP contribution < -0.4 is 0 Å². The van der Waals surface area contributed by atoms with Gasteiger partial charge in [0.1, 0.15) is 4.83 Å². The molecular weight excluding hydrogens is 383 g/mol. The number of carbonyl (C=O) groups excluding carboxylic acids is 1. The Bertz CT molecular complexity index is 993. The summed E-state index contributed by atoms with van der Waals surface area (Å²) in [4.78, 5) is 18.2. The number of amides is 1.